The summed E-state index contributed by atoms with van der Waals surface area (Å²) in [5, 5.41) is 4.07. The number of nitrogens with zero attached hydrogens (tertiary/aromatic N) is 1. The zero-order chi connectivity index (χ0) is 22.1. The number of ether oxygens (including phenoxy) is 3. The molecular weight excluding hydrogens is 460 g/mol. The molecule has 0 aliphatic rings. The molecule has 31 heavy (non-hydrogen) atoms. The summed E-state index contributed by atoms with van der Waals surface area (Å²) in [7, 11) is 1.57. The molecule has 7 heteroatoms. The summed E-state index contributed by atoms with van der Waals surface area (Å²) in [5.41, 5.74) is 4.70. The molecule has 1 amide bonds. The summed E-state index contributed by atoms with van der Waals surface area (Å²) in [6, 6.07) is 20.5. The van der Waals surface area contributed by atoms with E-state index in [0.717, 1.165) is 15.6 Å². The van der Waals surface area contributed by atoms with Gasteiger partial charge in [-0.15, -0.1) is 0 Å². The normalized spacial score (nSPS) is 10.7. The minimum atomic E-state index is -0.376. The first kappa shape index (κ1) is 22.4. The fourth-order valence-corrected chi connectivity index (χ4v) is 3.17. The van der Waals surface area contributed by atoms with Gasteiger partial charge in [0.25, 0.3) is 5.91 Å². The van der Waals surface area contributed by atoms with Gasteiger partial charge in [0, 0.05) is 4.47 Å². The lowest BCUT2D eigenvalue weighted by atomic mass is 10.2. The molecule has 0 aliphatic carbocycles. The van der Waals surface area contributed by atoms with Crippen molar-refractivity contribution >= 4 is 28.1 Å². The number of methoxy groups -OCH3 is 1. The minimum Gasteiger partial charge on any atom is -0.493 e. The monoisotopic (exact) mass is 482 g/mol. The highest BCUT2D eigenvalue weighted by Crippen LogP contribution is 2.27. The second-order valence-corrected chi connectivity index (χ2v) is 7.37. The Morgan fingerprint density at radius 2 is 1.77 bits per heavy atom. The molecule has 0 bridgehead atoms. The van der Waals surface area contributed by atoms with Gasteiger partial charge in [0.15, 0.2) is 11.5 Å². The predicted molar refractivity (Wildman–Crippen MR) is 124 cm³/mol. The first-order valence-corrected chi connectivity index (χ1v) is 10.5. The Labute approximate surface area is 190 Å². The van der Waals surface area contributed by atoms with Crippen molar-refractivity contribution in [1.82, 2.24) is 5.43 Å². The molecule has 3 aromatic carbocycles. The van der Waals surface area contributed by atoms with Crippen molar-refractivity contribution in [2.75, 3.05) is 13.7 Å². The molecule has 0 unspecified atom stereocenters. The molecule has 0 saturated heterocycles. The number of hydrogen-bond donors (Lipinski definition) is 1. The van der Waals surface area contributed by atoms with Crippen molar-refractivity contribution in [2.24, 2.45) is 5.10 Å². The molecule has 0 fully saturated rings. The molecule has 0 heterocycles. The number of hydrogen-bond acceptors (Lipinski definition) is 5. The summed E-state index contributed by atoms with van der Waals surface area (Å²) in [6.45, 7) is 2.81. The third-order valence-corrected chi connectivity index (χ3v) is 4.78. The number of rotatable bonds is 9. The van der Waals surface area contributed by atoms with Gasteiger partial charge in [-0.3, -0.25) is 4.79 Å². The van der Waals surface area contributed by atoms with Crippen molar-refractivity contribution in [1.29, 1.82) is 0 Å². The van der Waals surface area contributed by atoms with E-state index in [1.54, 1.807) is 37.6 Å². The Morgan fingerprint density at radius 1 is 1.00 bits per heavy atom. The maximum atomic E-state index is 12.7. The first-order valence-electron chi connectivity index (χ1n) is 9.71. The van der Waals surface area contributed by atoms with E-state index in [0.29, 0.717) is 36.0 Å². The van der Waals surface area contributed by atoms with E-state index in [-0.39, 0.29) is 5.91 Å². The van der Waals surface area contributed by atoms with Gasteiger partial charge in [0.05, 0.1) is 25.5 Å². The number of hydrazone groups is 1. The van der Waals surface area contributed by atoms with E-state index in [2.05, 4.69) is 26.5 Å². The van der Waals surface area contributed by atoms with Gasteiger partial charge in [-0.1, -0.05) is 46.3 Å². The van der Waals surface area contributed by atoms with Crippen LogP contribution < -0.4 is 19.6 Å². The molecule has 0 aromatic heterocycles. The average molecular weight is 483 g/mol. The SMILES string of the molecule is CCOc1ccc(/C=N/NC(=O)c2cc(Br)ccc2OCc2ccccc2)cc1OC. The molecule has 0 aliphatic heterocycles. The number of halogens is 1. The quantitative estimate of drug-likeness (QED) is 0.336. The van der Waals surface area contributed by atoms with Gasteiger partial charge < -0.3 is 14.2 Å². The zero-order valence-electron chi connectivity index (χ0n) is 17.3. The Bertz CT molecular complexity index is 1050. The summed E-state index contributed by atoms with van der Waals surface area (Å²) in [6.07, 6.45) is 1.54. The van der Waals surface area contributed by atoms with Gasteiger partial charge in [-0.05, 0) is 54.4 Å². The molecule has 1 N–H and O–H groups in total. The van der Waals surface area contributed by atoms with Gasteiger partial charge in [0.1, 0.15) is 12.4 Å². The highest BCUT2D eigenvalue weighted by atomic mass is 79.9. The number of amides is 1. The highest BCUT2D eigenvalue weighted by Gasteiger charge is 2.13. The molecular formula is C24H23BrN2O4. The number of nitrogens with one attached hydrogen (secondary N) is 1. The van der Waals surface area contributed by atoms with Crippen molar-refractivity contribution in [2.45, 2.75) is 13.5 Å². The van der Waals surface area contributed by atoms with E-state index in [4.69, 9.17) is 14.2 Å². The van der Waals surface area contributed by atoms with Crippen LogP contribution in [0, 0.1) is 0 Å². The lowest BCUT2D eigenvalue weighted by molar-refractivity contribution is 0.0950. The van der Waals surface area contributed by atoms with E-state index < -0.39 is 0 Å². The minimum absolute atomic E-state index is 0.359. The molecule has 0 atom stereocenters. The summed E-state index contributed by atoms with van der Waals surface area (Å²) < 4.78 is 17.5. The molecule has 0 spiro atoms. The number of benzene rings is 3. The fourth-order valence-electron chi connectivity index (χ4n) is 2.81. The van der Waals surface area contributed by atoms with Gasteiger partial charge in [0.2, 0.25) is 0 Å². The van der Waals surface area contributed by atoms with Crippen LogP contribution in [0.1, 0.15) is 28.4 Å². The van der Waals surface area contributed by atoms with E-state index in [1.165, 1.54) is 0 Å². The number of carbonyl (C=O) groups is 1. The Kier molecular flexibility index (Phi) is 8.06. The topological polar surface area (TPSA) is 69.2 Å². The summed E-state index contributed by atoms with van der Waals surface area (Å²) in [4.78, 5) is 12.7. The first-order chi connectivity index (χ1) is 15.1. The molecule has 0 radical (unpaired) electrons. The largest absolute Gasteiger partial charge is 0.493 e. The fraction of sp³-hybridized carbons (Fsp3) is 0.167. The average Bonchev–Trinajstić information content (AvgIpc) is 2.79. The number of carbonyl (C=O) groups excluding carboxylic acids is 1. The smallest absolute Gasteiger partial charge is 0.275 e. The second kappa shape index (κ2) is 11.2. The van der Waals surface area contributed by atoms with Crippen LogP contribution in [0.3, 0.4) is 0 Å². The lowest BCUT2D eigenvalue weighted by Gasteiger charge is -2.11. The molecule has 160 valence electrons. The van der Waals surface area contributed by atoms with Crippen LogP contribution in [0.25, 0.3) is 0 Å². The van der Waals surface area contributed by atoms with E-state index in [9.17, 15) is 4.79 Å². The van der Waals surface area contributed by atoms with Crippen molar-refractivity contribution in [3.05, 3.63) is 87.9 Å². The van der Waals surface area contributed by atoms with Crippen LogP contribution in [0.15, 0.2) is 76.3 Å². The summed E-state index contributed by atoms with van der Waals surface area (Å²) in [5.74, 6) is 1.35. The maximum absolute atomic E-state index is 12.7. The third-order valence-electron chi connectivity index (χ3n) is 4.29. The van der Waals surface area contributed by atoms with Gasteiger partial charge in [-0.2, -0.15) is 5.10 Å². The molecule has 3 aromatic rings. The van der Waals surface area contributed by atoms with Crippen LogP contribution in [-0.4, -0.2) is 25.8 Å². The van der Waals surface area contributed by atoms with E-state index in [1.807, 2.05) is 49.4 Å². The standard InChI is InChI=1S/C24H23BrN2O4/c1-3-30-22-11-9-18(13-23(22)29-2)15-26-27-24(28)20-14-19(25)10-12-21(20)31-16-17-7-5-4-6-8-17/h4-15H,3,16H2,1-2H3,(H,27,28)/b26-15+. The molecule has 3 rings (SSSR count). The highest BCUT2D eigenvalue weighted by molar-refractivity contribution is 9.10. The summed E-state index contributed by atoms with van der Waals surface area (Å²) >= 11 is 3.40. The van der Waals surface area contributed by atoms with Crippen molar-refractivity contribution in [3.8, 4) is 17.2 Å². The van der Waals surface area contributed by atoms with Crippen LogP contribution in [0.4, 0.5) is 0 Å². The Morgan fingerprint density at radius 3 is 2.52 bits per heavy atom. The van der Waals surface area contributed by atoms with Crippen molar-refractivity contribution < 1.29 is 19.0 Å². The van der Waals surface area contributed by atoms with Gasteiger partial charge >= 0.3 is 0 Å². The molecule has 6 nitrogen and oxygen atoms in total. The zero-order valence-corrected chi connectivity index (χ0v) is 18.9. The van der Waals surface area contributed by atoms with Crippen LogP contribution in [0.5, 0.6) is 17.2 Å². The van der Waals surface area contributed by atoms with Crippen LogP contribution in [-0.2, 0) is 6.61 Å². The lowest BCUT2D eigenvalue weighted by Crippen LogP contribution is -2.19. The van der Waals surface area contributed by atoms with E-state index >= 15 is 0 Å². The van der Waals surface area contributed by atoms with Crippen LogP contribution >= 0.6 is 15.9 Å². The Hall–Kier alpha value is -3.32. The third kappa shape index (κ3) is 6.33. The van der Waals surface area contributed by atoms with Crippen LogP contribution in [0.2, 0.25) is 0 Å². The van der Waals surface area contributed by atoms with Gasteiger partial charge in [-0.25, -0.2) is 5.43 Å². The molecule has 0 saturated carbocycles. The van der Waals surface area contributed by atoms with Crippen molar-refractivity contribution in [3.63, 3.8) is 0 Å². The predicted octanol–water partition coefficient (Wildman–Crippen LogP) is 5.20. The second-order valence-electron chi connectivity index (χ2n) is 6.46. The Balaban J connectivity index is 1.69. The maximum Gasteiger partial charge on any atom is 0.275 e.